The zero-order valence-corrected chi connectivity index (χ0v) is 18.7. The van der Waals surface area contributed by atoms with Crippen molar-refractivity contribution < 1.29 is 22.7 Å². The number of nitrogens with zero attached hydrogens (tertiary/aromatic N) is 1. The number of ether oxygens (including phenoxy) is 1. The van der Waals surface area contributed by atoms with Gasteiger partial charge in [0, 0.05) is 24.8 Å². The van der Waals surface area contributed by atoms with Gasteiger partial charge in [-0.25, -0.2) is 8.42 Å². The third-order valence-electron chi connectivity index (χ3n) is 5.17. The highest BCUT2D eigenvalue weighted by molar-refractivity contribution is 7.89. The monoisotopic (exact) mass is 445 g/mol. The van der Waals surface area contributed by atoms with E-state index in [0.717, 1.165) is 11.1 Å². The molecule has 9 heteroatoms. The Kier molecular flexibility index (Phi) is 6.97. The summed E-state index contributed by atoms with van der Waals surface area (Å²) in [4.78, 5) is 24.7. The van der Waals surface area contributed by atoms with Crippen molar-refractivity contribution in [3.63, 3.8) is 0 Å². The molecule has 3 rings (SSSR count). The predicted molar refractivity (Wildman–Crippen MR) is 117 cm³/mol. The molecule has 0 radical (unpaired) electrons. The molecule has 166 valence electrons. The van der Waals surface area contributed by atoms with Gasteiger partial charge in [-0.2, -0.15) is 4.31 Å². The van der Waals surface area contributed by atoms with E-state index in [2.05, 4.69) is 10.6 Å². The van der Waals surface area contributed by atoms with Gasteiger partial charge in [0.05, 0.1) is 12.0 Å². The number of carbonyl (C=O) groups is 2. The minimum atomic E-state index is -3.71. The SMILES string of the molecule is COc1ccc(S(=O)(=O)N2CCC[C@H]2CNC(=O)C(=O)Nc2cc(C)cc(C)c2)cc1. The molecule has 8 nitrogen and oxygen atoms in total. The van der Waals surface area contributed by atoms with Crippen molar-refractivity contribution in [2.45, 2.75) is 37.6 Å². The summed E-state index contributed by atoms with van der Waals surface area (Å²) in [6.45, 7) is 4.24. The largest absolute Gasteiger partial charge is 0.497 e. The zero-order chi connectivity index (χ0) is 22.6. The molecule has 0 unspecified atom stereocenters. The Morgan fingerprint density at radius 3 is 2.32 bits per heavy atom. The van der Waals surface area contributed by atoms with Gasteiger partial charge in [-0.15, -0.1) is 0 Å². The van der Waals surface area contributed by atoms with E-state index in [1.807, 2.05) is 19.9 Å². The summed E-state index contributed by atoms with van der Waals surface area (Å²) in [5.74, 6) is -1.01. The lowest BCUT2D eigenvalue weighted by molar-refractivity contribution is -0.136. The molecular formula is C22H27N3O5S. The maximum atomic E-state index is 13.0. The van der Waals surface area contributed by atoms with Crippen molar-refractivity contribution in [3.8, 4) is 5.75 Å². The van der Waals surface area contributed by atoms with Gasteiger partial charge < -0.3 is 15.4 Å². The van der Waals surface area contributed by atoms with Crippen LogP contribution in [-0.2, 0) is 19.6 Å². The van der Waals surface area contributed by atoms with Gasteiger partial charge in [0.15, 0.2) is 0 Å². The summed E-state index contributed by atoms with van der Waals surface area (Å²) in [6.07, 6.45) is 1.29. The predicted octanol–water partition coefficient (Wildman–Crippen LogP) is 2.22. The molecule has 31 heavy (non-hydrogen) atoms. The summed E-state index contributed by atoms with van der Waals surface area (Å²) in [7, 11) is -2.20. The molecule has 2 N–H and O–H groups in total. The standard InChI is InChI=1S/C22H27N3O5S/c1-15-11-16(2)13-17(12-15)24-22(27)21(26)23-14-18-5-4-10-25(18)31(28,29)20-8-6-19(30-3)7-9-20/h6-9,11-13,18H,4-5,10,14H2,1-3H3,(H,23,26)(H,24,27)/t18-/m0/s1. The number of rotatable bonds is 6. The Bertz CT molecular complexity index is 1050. The van der Waals surface area contributed by atoms with Crippen LogP contribution in [-0.4, -0.2) is 50.8 Å². The van der Waals surface area contributed by atoms with Crippen LogP contribution in [0.5, 0.6) is 5.75 Å². The minimum absolute atomic E-state index is 0.0640. The molecule has 0 bridgehead atoms. The van der Waals surface area contributed by atoms with Crippen LogP contribution < -0.4 is 15.4 Å². The van der Waals surface area contributed by atoms with Crippen LogP contribution in [0.1, 0.15) is 24.0 Å². The lowest BCUT2D eigenvalue weighted by Gasteiger charge is -2.24. The fraction of sp³-hybridized carbons (Fsp3) is 0.364. The molecule has 2 aromatic carbocycles. The number of anilines is 1. The first-order valence-corrected chi connectivity index (χ1v) is 11.5. The number of benzene rings is 2. The molecule has 1 aliphatic rings. The first-order valence-electron chi connectivity index (χ1n) is 10.0. The highest BCUT2D eigenvalue weighted by Crippen LogP contribution is 2.27. The molecule has 1 saturated heterocycles. The van der Waals surface area contributed by atoms with E-state index in [9.17, 15) is 18.0 Å². The molecule has 2 amide bonds. The van der Waals surface area contributed by atoms with Gasteiger partial charge in [0.2, 0.25) is 10.0 Å². The molecule has 1 fully saturated rings. The summed E-state index contributed by atoms with van der Waals surface area (Å²) < 4.78 is 32.5. The van der Waals surface area contributed by atoms with Crippen LogP contribution in [0.4, 0.5) is 5.69 Å². The Morgan fingerprint density at radius 1 is 1.06 bits per heavy atom. The second-order valence-corrected chi connectivity index (χ2v) is 9.52. The summed E-state index contributed by atoms with van der Waals surface area (Å²) in [5, 5.41) is 5.15. The van der Waals surface area contributed by atoms with Crippen LogP contribution in [0.3, 0.4) is 0 Å². The fourth-order valence-corrected chi connectivity index (χ4v) is 5.43. The number of aryl methyl sites for hydroxylation is 2. The van der Waals surface area contributed by atoms with E-state index >= 15 is 0 Å². The number of methoxy groups -OCH3 is 1. The third-order valence-corrected chi connectivity index (χ3v) is 7.14. The smallest absolute Gasteiger partial charge is 0.313 e. The van der Waals surface area contributed by atoms with Gasteiger partial charge in [-0.1, -0.05) is 6.07 Å². The Labute approximate surface area is 182 Å². The zero-order valence-electron chi connectivity index (χ0n) is 17.8. The molecule has 1 heterocycles. The molecule has 2 aromatic rings. The lowest BCUT2D eigenvalue weighted by atomic mass is 10.1. The van der Waals surface area contributed by atoms with Crippen molar-refractivity contribution >= 4 is 27.5 Å². The Morgan fingerprint density at radius 2 is 1.71 bits per heavy atom. The fourth-order valence-electron chi connectivity index (χ4n) is 3.74. The number of nitrogens with one attached hydrogen (secondary N) is 2. The highest BCUT2D eigenvalue weighted by Gasteiger charge is 2.35. The molecule has 0 saturated carbocycles. The molecule has 0 aromatic heterocycles. The van der Waals surface area contributed by atoms with Crippen LogP contribution in [0.2, 0.25) is 0 Å². The lowest BCUT2D eigenvalue weighted by Crippen LogP contribution is -2.45. The third kappa shape index (κ3) is 5.42. The summed E-state index contributed by atoms with van der Waals surface area (Å²) in [6, 6.07) is 11.3. The first-order chi connectivity index (χ1) is 14.7. The molecule has 0 spiro atoms. The van der Waals surface area contributed by atoms with Gasteiger partial charge in [0.1, 0.15) is 5.75 Å². The second-order valence-electron chi connectivity index (χ2n) is 7.63. The van der Waals surface area contributed by atoms with E-state index in [-0.39, 0.29) is 11.4 Å². The maximum absolute atomic E-state index is 13.0. The van der Waals surface area contributed by atoms with Crippen LogP contribution in [0.15, 0.2) is 47.4 Å². The van der Waals surface area contributed by atoms with E-state index in [1.54, 1.807) is 24.3 Å². The molecule has 1 aliphatic heterocycles. The van der Waals surface area contributed by atoms with Gasteiger partial charge in [-0.05, 0) is 74.2 Å². The normalized spacial score (nSPS) is 16.7. The van der Waals surface area contributed by atoms with Crippen molar-refractivity contribution in [1.29, 1.82) is 0 Å². The second kappa shape index (κ2) is 9.49. The van der Waals surface area contributed by atoms with E-state index in [0.29, 0.717) is 30.8 Å². The average Bonchev–Trinajstić information content (AvgIpc) is 3.20. The highest BCUT2D eigenvalue weighted by atomic mass is 32.2. The number of hydrogen-bond acceptors (Lipinski definition) is 5. The Hall–Kier alpha value is -2.91. The number of amides is 2. The summed E-state index contributed by atoms with van der Waals surface area (Å²) in [5.41, 5.74) is 2.49. The molecule has 0 aliphatic carbocycles. The van der Waals surface area contributed by atoms with Crippen LogP contribution in [0.25, 0.3) is 0 Å². The first kappa shape index (κ1) is 22.8. The van der Waals surface area contributed by atoms with Gasteiger partial charge in [-0.3, -0.25) is 9.59 Å². The molecular weight excluding hydrogens is 418 g/mol. The minimum Gasteiger partial charge on any atom is -0.497 e. The van der Waals surface area contributed by atoms with Crippen molar-refractivity contribution in [1.82, 2.24) is 9.62 Å². The topological polar surface area (TPSA) is 105 Å². The van der Waals surface area contributed by atoms with Gasteiger partial charge >= 0.3 is 11.8 Å². The number of hydrogen-bond donors (Lipinski definition) is 2. The summed E-state index contributed by atoms with van der Waals surface area (Å²) >= 11 is 0. The van der Waals surface area contributed by atoms with E-state index in [1.165, 1.54) is 23.5 Å². The van der Waals surface area contributed by atoms with E-state index in [4.69, 9.17) is 4.74 Å². The number of sulfonamides is 1. The maximum Gasteiger partial charge on any atom is 0.313 e. The van der Waals surface area contributed by atoms with Crippen LogP contribution in [0, 0.1) is 13.8 Å². The van der Waals surface area contributed by atoms with E-state index < -0.39 is 27.9 Å². The van der Waals surface area contributed by atoms with Crippen molar-refractivity contribution in [3.05, 3.63) is 53.6 Å². The van der Waals surface area contributed by atoms with Gasteiger partial charge in [0.25, 0.3) is 0 Å². The number of carbonyl (C=O) groups excluding carboxylic acids is 2. The van der Waals surface area contributed by atoms with Crippen LogP contribution >= 0.6 is 0 Å². The van der Waals surface area contributed by atoms with Crippen molar-refractivity contribution in [2.24, 2.45) is 0 Å². The average molecular weight is 446 g/mol. The van der Waals surface area contributed by atoms with Crippen molar-refractivity contribution in [2.75, 3.05) is 25.5 Å². The molecule has 1 atom stereocenters. The Balaban J connectivity index is 1.62. The quantitative estimate of drug-likeness (QED) is 0.664.